The highest BCUT2D eigenvalue weighted by atomic mass is 32.2. The fourth-order valence-electron chi connectivity index (χ4n) is 1.79. The Bertz CT molecular complexity index is 271. The molecular weight excluding hydrogens is 393 g/mol. The van der Waals surface area contributed by atoms with Gasteiger partial charge in [-0.15, -0.1) is 0 Å². The summed E-state index contributed by atoms with van der Waals surface area (Å²) in [6, 6.07) is 0. The maximum absolute atomic E-state index is 2.25. The van der Waals surface area contributed by atoms with Crippen LogP contribution in [0.15, 0.2) is 0 Å². The van der Waals surface area contributed by atoms with E-state index in [1.54, 1.807) is 0 Å². The SMILES string of the molecule is C(CSC(CSCC1CS1)CSCC1CS1)SCC1CS1. The van der Waals surface area contributed by atoms with Gasteiger partial charge in [-0.25, -0.2) is 0 Å². The lowest BCUT2D eigenvalue weighted by atomic mass is 10.5. The molecule has 0 radical (unpaired) electrons. The van der Waals surface area contributed by atoms with E-state index in [2.05, 4.69) is 82.3 Å². The van der Waals surface area contributed by atoms with Gasteiger partial charge in [-0.1, -0.05) is 0 Å². The van der Waals surface area contributed by atoms with E-state index in [0.717, 1.165) is 21.0 Å². The summed E-state index contributed by atoms with van der Waals surface area (Å²) in [5.41, 5.74) is 0. The van der Waals surface area contributed by atoms with Crippen LogP contribution in [-0.2, 0) is 0 Å². The summed E-state index contributed by atoms with van der Waals surface area (Å²) in [4.78, 5) is 0. The van der Waals surface area contributed by atoms with Gasteiger partial charge >= 0.3 is 0 Å². The lowest BCUT2D eigenvalue weighted by Crippen LogP contribution is -2.13. The minimum atomic E-state index is 0.892. The van der Waals surface area contributed by atoms with E-state index in [4.69, 9.17) is 0 Å². The molecule has 0 aromatic carbocycles. The number of rotatable bonds is 14. The molecule has 7 heteroatoms. The van der Waals surface area contributed by atoms with Gasteiger partial charge in [0.1, 0.15) is 0 Å². The average Bonchev–Trinajstić information content (AvgIpc) is 3.34. The second-order valence-electron chi connectivity index (χ2n) is 5.51. The normalized spacial score (nSPS) is 31.1. The number of thioether (sulfide) groups is 7. The van der Waals surface area contributed by atoms with E-state index < -0.39 is 0 Å². The van der Waals surface area contributed by atoms with Gasteiger partial charge in [-0.05, 0) is 0 Å². The van der Waals surface area contributed by atoms with Crippen molar-refractivity contribution in [1.29, 1.82) is 0 Å². The quantitative estimate of drug-likeness (QED) is 0.295. The van der Waals surface area contributed by atoms with Crippen LogP contribution in [0.5, 0.6) is 0 Å². The molecule has 0 nitrogen and oxygen atoms in total. The molecule has 0 spiro atoms. The van der Waals surface area contributed by atoms with E-state index in [-0.39, 0.29) is 0 Å². The van der Waals surface area contributed by atoms with Crippen molar-refractivity contribution in [2.24, 2.45) is 0 Å². The smallest absolute Gasteiger partial charge is 0.0229 e. The van der Waals surface area contributed by atoms with Crippen LogP contribution >= 0.6 is 82.3 Å². The molecule has 21 heavy (non-hydrogen) atoms. The molecule has 3 aliphatic heterocycles. The summed E-state index contributed by atoms with van der Waals surface area (Å²) in [6.45, 7) is 0. The molecule has 3 fully saturated rings. The lowest BCUT2D eigenvalue weighted by molar-refractivity contribution is 1.13. The summed E-state index contributed by atoms with van der Waals surface area (Å²) in [5, 5.41) is 3.91. The standard InChI is InChI=1S/C14H24S7/c1(15-3-12-8-19-12)2-18-11(4-16-6-13-9-20-13)5-17-7-14-10-21-14/h11-14H,1-10H2. The van der Waals surface area contributed by atoms with Crippen molar-refractivity contribution in [2.75, 3.05) is 57.5 Å². The number of hydrogen-bond donors (Lipinski definition) is 0. The second kappa shape index (κ2) is 10.4. The number of hydrogen-bond acceptors (Lipinski definition) is 7. The van der Waals surface area contributed by atoms with E-state index in [9.17, 15) is 0 Å². The van der Waals surface area contributed by atoms with Crippen LogP contribution < -0.4 is 0 Å². The first-order valence-electron chi connectivity index (χ1n) is 7.60. The Morgan fingerprint density at radius 3 is 1.67 bits per heavy atom. The Labute approximate surface area is 159 Å². The van der Waals surface area contributed by atoms with Crippen molar-refractivity contribution >= 4 is 82.3 Å². The van der Waals surface area contributed by atoms with E-state index in [0.29, 0.717) is 0 Å². The summed E-state index contributed by atoms with van der Waals surface area (Å²) >= 11 is 15.3. The Morgan fingerprint density at radius 2 is 1.19 bits per heavy atom. The van der Waals surface area contributed by atoms with Crippen LogP contribution in [0.3, 0.4) is 0 Å². The largest absolute Gasteiger partial charge is 0.160 e. The topological polar surface area (TPSA) is 0 Å². The molecule has 0 saturated carbocycles. The summed E-state index contributed by atoms with van der Waals surface area (Å²) in [5.74, 6) is 14.0. The van der Waals surface area contributed by atoms with Gasteiger partial charge in [0, 0.05) is 78.5 Å². The molecule has 0 aromatic rings. The molecule has 3 aliphatic rings. The molecule has 122 valence electrons. The molecule has 3 unspecified atom stereocenters. The first-order valence-corrected chi connectivity index (χ1v) is 15.3. The van der Waals surface area contributed by atoms with Gasteiger partial charge in [-0.2, -0.15) is 82.3 Å². The van der Waals surface area contributed by atoms with Crippen molar-refractivity contribution in [2.45, 2.75) is 21.0 Å². The Kier molecular flexibility index (Phi) is 9.07. The molecule has 0 bridgehead atoms. The maximum atomic E-state index is 2.25. The summed E-state index contributed by atoms with van der Waals surface area (Å²) in [6.07, 6.45) is 0. The maximum Gasteiger partial charge on any atom is 0.0229 e. The van der Waals surface area contributed by atoms with Gasteiger partial charge in [0.2, 0.25) is 0 Å². The molecule has 3 saturated heterocycles. The molecule has 0 amide bonds. The zero-order valence-corrected chi connectivity index (χ0v) is 18.0. The van der Waals surface area contributed by atoms with Crippen LogP contribution in [0.1, 0.15) is 0 Å². The molecule has 3 rings (SSSR count). The zero-order chi connectivity index (χ0) is 14.3. The highest BCUT2D eigenvalue weighted by molar-refractivity contribution is 8.10. The fraction of sp³-hybridized carbons (Fsp3) is 1.00. The minimum Gasteiger partial charge on any atom is -0.160 e. The van der Waals surface area contributed by atoms with Crippen LogP contribution in [-0.4, -0.2) is 78.5 Å². The van der Waals surface area contributed by atoms with E-state index in [1.807, 2.05) is 0 Å². The fourth-order valence-corrected chi connectivity index (χ4v) is 10.0. The average molecular weight is 417 g/mol. The molecule has 0 aliphatic carbocycles. The third-order valence-corrected chi connectivity index (χ3v) is 12.5. The molecule has 3 heterocycles. The van der Waals surface area contributed by atoms with Crippen molar-refractivity contribution in [3.8, 4) is 0 Å². The van der Waals surface area contributed by atoms with E-state index in [1.165, 1.54) is 57.5 Å². The highest BCUT2D eigenvalue weighted by Gasteiger charge is 2.24. The predicted octanol–water partition coefficient (Wildman–Crippen LogP) is 4.63. The van der Waals surface area contributed by atoms with Gasteiger partial charge in [-0.3, -0.25) is 0 Å². The summed E-state index contributed by atoms with van der Waals surface area (Å²) < 4.78 is 0. The van der Waals surface area contributed by atoms with Crippen molar-refractivity contribution in [1.82, 2.24) is 0 Å². The van der Waals surface area contributed by atoms with Crippen LogP contribution in [0, 0.1) is 0 Å². The first kappa shape index (κ1) is 18.2. The van der Waals surface area contributed by atoms with Gasteiger partial charge in [0.05, 0.1) is 0 Å². The van der Waals surface area contributed by atoms with Crippen LogP contribution in [0.25, 0.3) is 0 Å². The second-order valence-corrected chi connectivity index (χ2v) is 14.2. The molecular formula is C14H24S7. The zero-order valence-electron chi connectivity index (χ0n) is 12.2. The van der Waals surface area contributed by atoms with Crippen LogP contribution in [0.4, 0.5) is 0 Å². The minimum absolute atomic E-state index is 0.892. The monoisotopic (exact) mass is 416 g/mol. The Hall–Kier alpha value is 2.45. The summed E-state index contributed by atoms with van der Waals surface area (Å²) in [7, 11) is 0. The first-order chi connectivity index (χ1) is 10.4. The molecule has 0 aromatic heterocycles. The lowest BCUT2D eigenvalue weighted by Gasteiger charge is -2.16. The Morgan fingerprint density at radius 1 is 0.714 bits per heavy atom. The third kappa shape index (κ3) is 9.49. The molecule has 3 atom stereocenters. The molecule has 0 N–H and O–H groups in total. The van der Waals surface area contributed by atoms with Gasteiger partial charge < -0.3 is 0 Å². The third-order valence-electron chi connectivity index (χ3n) is 3.31. The van der Waals surface area contributed by atoms with E-state index >= 15 is 0 Å². The van der Waals surface area contributed by atoms with Crippen molar-refractivity contribution in [3.05, 3.63) is 0 Å². The highest BCUT2D eigenvalue weighted by Crippen LogP contribution is 2.36. The van der Waals surface area contributed by atoms with Crippen molar-refractivity contribution < 1.29 is 0 Å². The Balaban J connectivity index is 1.22. The van der Waals surface area contributed by atoms with Gasteiger partial charge in [0.25, 0.3) is 0 Å². The van der Waals surface area contributed by atoms with Crippen LogP contribution in [0.2, 0.25) is 0 Å². The van der Waals surface area contributed by atoms with Gasteiger partial charge in [0.15, 0.2) is 0 Å². The predicted molar refractivity (Wildman–Crippen MR) is 117 cm³/mol. The van der Waals surface area contributed by atoms with Crippen molar-refractivity contribution in [3.63, 3.8) is 0 Å².